The maximum Gasteiger partial charge on any atom is 0.253 e. The number of piperidine rings is 1. The molecular formula is C16H27Cl2N3O. The summed E-state index contributed by atoms with van der Waals surface area (Å²) >= 11 is 0. The van der Waals surface area contributed by atoms with Gasteiger partial charge >= 0.3 is 0 Å². The quantitative estimate of drug-likeness (QED) is 0.910. The van der Waals surface area contributed by atoms with E-state index >= 15 is 0 Å². The fourth-order valence-corrected chi connectivity index (χ4v) is 2.78. The van der Waals surface area contributed by atoms with Gasteiger partial charge in [0.25, 0.3) is 5.91 Å². The molecular weight excluding hydrogens is 321 g/mol. The monoisotopic (exact) mass is 347 g/mol. The van der Waals surface area contributed by atoms with Gasteiger partial charge in [-0.3, -0.25) is 4.79 Å². The first-order valence-electron chi connectivity index (χ1n) is 7.44. The SMILES string of the molecule is CCN1CCC(N(C)C(=O)c2ccc(CN)cc2)CC1.Cl.Cl. The van der Waals surface area contributed by atoms with Crippen molar-refractivity contribution in [1.29, 1.82) is 0 Å². The number of hydrogen-bond acceptors (Lipinski definition) is 3. The molecule has 1 aliphatic heterocycles. The van der Waals surface area contributed by atoms with Crippen LogP contribution in [0.15, 0.2) is 24.3 Å². The smallest absolute Gasteiger partial charge is 0.253 e. The second kappa shape index (κ2) is 10.1. The van der Waals surface area contributed by atoms with E-state index in [1.54, 1.807) is 0 Å². The van der Waals surface area contributed by atoms with Gasteiger partial charge in [-0.1, -0.05) is 19.1 Å². The van der Waals surface area contributed by atoms with Crippen LogP contribution in [-0.2, 0) is 6.54 Å². The lowest BCUT2D eigenvalue weighted by atomic mass is 10.0. The summed E-state index contributed by atoms with van der Waals surface area (Å²) in [6.45, 7) is 5.98. The predicted octanol–water partition coefficient (Wildman–Crippen LogP) is 2.55. The summed E-state index contributed by atoms with van der Waals surface area (Å²) in [4.78, 5) is 16.8. The van der Waals surface area contributed by atoms with Crippen molar-refractivity contribution < 1.29 is 4.79 Å². The number of nitrogens with zero attached hydrogens (tertiary/aromatic N) is 2. The number of carbonyl (C=O) groups excluding carboxylic acids is 1. The molecule has 2 N–H and O–H groups in total. The highest BCUT2D eigenvalue weighted by Crippen LogP contribution is 2.17. The van der Waals surface area contributed by atoms with Gasteiger partial charge in [-0.05, 0) is 37.1 Å². The second-order valence-electron chi connectivity index (χ2n) is 5.48. The molecule has 1 heterocycles. The molecule has 0 atom stereocenters. The van der Waals surface area contributed by atoms with E-state index in [1.165, 1.54) is 0 Å². The van der Waals surface area contributed by atoms with Crippen LogP contribution in [0.2, 0.25) is 0 Å². The van der Waals surface area contributed by atoms with E-state index in [0.717, 1.165) is 43.6 Å². The van der Waals surface area contributed by atoms with E-state index in [9.17, 15) is 4.79 Å². The van der Waals surface area contributed by atoms with Gasteiger partial charge in [0.2, 0.25) is 0 Å². The molecule has 1 aliphatic rings. The predicted molar refractivity (Wildman–Crippen MR) is 96.1 cm³/mol. The Balaban J connectivity index is 0.00000220. The molecule has 1 aromatic rings. The largest absolute Gasteiger partial charge is 0.339 e. The third-order valence-corrected chi connectivity index (χ3v) is 4.31. The van der Waals surface area contributed by atoms with Crippen LogP contribution in [0.4, 0.5) is 0 Å². The van der Waals surface area contributed by atoms with Gasteiger partial charge in [-0.15, -0.1) is 24.8 Å². The first-order chi connectivity index (χ1) is 9.65. The Hall–Kier alpha value is -0.810. The molecule has 0 bridgehead atoms. The number of likely N-dealkylation sites (tertiary alicyclic amines) is 1. The van der Waals surface area contributed by atoms with Gasteiger partial charge in [-0.2, -0.15) is 0 Å². The van der Waals surface area contributed by atoms with Crippen molar-refractivity contribution in [1.82, 2.24) is 9.80 Å². The number of carbonyl (C=O) groups is 1. The molecule has 126 valence electrons. The van der Waals surface area contributed by atoms with Crippen LogP contribution < -0.4 is 5.73 Å². The third kappa shape index (κ3) is 5.13. The van der Waals surface area contributed by atoms with Gasteiger partial charge in [0.1, 0.15) is 0 Å². The Bertz CT molecular complexity index is 445. The van der Waals surface area contributed by atoms with Gasteiger partial charge in [0.05, 0.1) is 0 Å². The molecule has 4 nitrogen and oxygen atoms in total. The highest BCUT2D eigenvalue weighted by molar-refractivity contribution is 5.94. The number of halogens is 2. The molecule has 1 fully saturated rings. The molecule has 1 aromatic carbocycles. The Morgan fingerprint density at radius 1 is 1.23 bits per heavy atom. The molecule has 0 aromatic heterocycles. The Labute approximate surface area is 145 Å². The van der Waals surface area contributed by atoms with Crippen LogP contribution in [-0.4, -0.2) is 48.4 Å². The average Bonchev–Trinajstić information content (AvgIpc) is 2.53. The molecule has 6 heteroatoms. The van der Waals surface area contributed by atoms with Crippen LogP contribution >= 0.6 is 24.8 Å². The maximum absolute atomic E-state index is 12.5. The van der Waals surface area contributed by atoms with Crippen LogP contribution in [0, 0.1) is 0 Å². The third-order valence-electron chi connectivity index (χ3n) is 4.31. The molecule has 22 heavy (non-hydrogen) atoms. The van der Waals surface area contributed by atoms with E-state index in [1.807, 2.05) is 36.2 Å². The molecule has 1 amide bonds. The van der Waals surface area contributed by atoms with Crippen molar-refractivity contribution in [3.05, 3.63) is 35.4 Å². The first-order valence-corrected chi connectivity index (χ1v) is 7.44. The number of benzene rings is 1. The summed E-state index contributed by atoms with van der Waals surface area (Å²) in [5, 5.41) is 0. The van der Waals surface area contributed by atoms with Crippen molar-refractivity contribution in [3.8, 4) is 0 Å². The summed E-state index contributed by atoms with van der Waals surface area (Å²) in [6.07, 6.45) is 2.13. The fourth-order valence-electron chi connectivity index (χ4n) is 2.78. The van der Waals surface area contributed by atoms with Crippen LogP contribution in [0.5, 0.6) is 0 Å². The minimum Gasteiger partial charge on any atom is -0.339 e. The summed E-state index contributed by atoms with van der Waals surface area (Å²) in [7, 11) is 1.92. The molecule has 0 unspecified atom stereocenters. The summed E-state index contributed by atoms with van der Waals surface area (Å²) < 4.78 is 0. The lowest BCUT2D eigenvalue weighted by molar-refractivity contribution is 0.0647. The van der Waals surface area contributed by atoms with Crippen molar-refractivity contribution in [2.75, 3.05) is 26.7 Å². The minimum absolute atomic E-state index is 0. The molecule has 0 radical (unpaired) electrons. The van der Waals surface area contributed by atoms with Gasteiger partial charge in [0.15, 0.2) is 0 Å². The Morgan fingerprint density at radius 2 is 1.77 bits per heavy atom. The maximum atomic E-state index is 12.5. The van der Waals surface area contributed by atoms with Gasteiger partial charge in [-0.25, -0.2) is 0 Å². The van der Waals surface area contributed by atoms with Crippen molar-refractivity contribution in [2.24, 2.45) is 5.73 Å². The lowest BCUT2D eigenvalue weighted by Gasteiger charge is -2.36. The van der Waals surface area contributed by atoms with E-state index in [4.69, 9.17) is 5.73 Å². The van der Waals surface area contributed by atoms with Crippen LogP contribution in [0.25, 0.3) is 0 Å². The number of nitrogens with two attached hydrogens (primary N) is 1. The Morgan fingerprint density at radius 3 is 2.23 bits per heavy atom. The van der Waals surface area contributed by atoms with Crippen LogP contribution in [0.1, 0.15) is 35.7 Å². The number of rotatable bonds is 4. The second-order valence-corrected chi connectivity index (χ2v) is 5.48. The highest BCUT2D eigenvalue weighted by Gasteiger charge is 2.25. The standard InChI is InChI=1S/C16H25N3O.2ClH/c1-3-19-10-8-15(9-11-19)18(2)16(20)14-6-4-13(12-17)5-7-14;;/h4-7,15H,3,8-12,17H2,1-2H3;2*1H. The number of amides is 1. The zero-order valence-corrected chi connectivity index (χ0v) is 15.0. The lowest BCUT2D eigenvalue weighted by Crippen LogP contribution is -2.45. The van der Waals surface area contributed by atoms with Crippen molar-refractivity contribution >= 4 is 30.7 Å². The van der Waals surface area contributed by atoms with E-state index in [0.29, 0.717) is 12.6 Å². The first kappa shape index (κ1) is 21.2. The summed E-state index contributed by atoms with van der Waals surface area (Å²) in [6, 6.07) is 7.98. The zero-order chi connectivity index (χ0) is 14.5. The normalized spacial score (nSPS) is 15.6. The van der Waals surface area contributed by atoms with E-state index < -0.39 is 0 Å². The number of hydrogen-bond donors (Lipinski definition) is 1. The fraction of sp³-hybridized carbons (Fsp3) is 0.562. The highest BCUT2D eigenvalue weighted by atomic mass is 35.5. The summed E-state index contributed by atoms with van der Waals surface area (Å²) in [5.41, 5.74) is 7.39. The summed E-state index contributed by atoms with van der Waals surface area (Å²) in [5.74, 6) is 0.114. The van der Waals surface area contributed by atoms with Crippen LogP contribution in [0.3, 0.4) is 0 Å². The average molecular weight is 348 g/mol. The molecule has 0 saturated carbocycles. The van der Waals surface area contributed by atoms with Gasteiger partial charge in [0, 0.05) is 38.3 Å². The van der Waals surface area contributed by atoms with Crippen molar-refractivity contribution in [2.45, 2.75) is 32.4 Å². The zero-order valence-electron chi connectivity index (χ0n) is 13.3. The van der Waals surface area contributed by atoms with E-state index in [2.05, 4.69) is 11.8 Å². The van der Waals surface area contributed by atoms with Crippen molar-refractivity contribution in [3.63, 3.8) is 0 Å². The minimum atomic E-state index is 0. The molecule has 1 saturated heterocycles. The molecule has 0 aliphatic carbocycles. The molecule has 0 spiro atoms. The Kier molecular flexibility index (Phi) is 9.69. The molecule has 2 rings (SSSR count). The van der Waals surface area contributed by atoms with Gasteiger partial charge < -0.3 is 15.5 Å². The van der Waals surface area contributed by atoms with E-state index in [-0.39, 0.29) is 30.7 Å². The topological polar surface area (TPSA) is 49.6 Å².